The lowest BCUT2D eigenvalue weighted by Gasteiger charge is -2.37. The van der Waals surface area contributed by atoms with Crippen LogP contribution in [-0.4, -0.2) is 83.0 Å². The number of ether oxygens (including phenoxy) is 1. The van der Waals surface area contributed by atoms with E-state index >= 15 is 0 Å². The van der Waals surface area contributed by atoms with Crippen molar-refractivity contribution in [2.24, 2.45) is 5.92 Å². The molecule has 2 aliphatic heterocycles. The molecule has 1 N–H and O–H groups in total. The van der Waals surface area contributed by atoms with Crippen molar-refractivity contribution in [3.05, 3.63) is 12.4 Å². The Hall–Kier alpha value is -2.40. The molecule has 0 aliphatic carbocycles. The van der Waals surface area contributed by atoms with Crippen LogP contribution in [-0.2, 0) is 18.8 Å². The lowest BCUT2D eigenvalue weighted by atomic mass is 9.81. The van der Waals surface area contributed by atoms with Crippen molar-refractivity contribution in [3.8, 4) is 0 Å². The predicted molar refractivity (Wildman–Crippen MR) is 135 cm³/mol. The summed E-state index contributed by atoms with van der Waals surface area (Å²) in [6.07, 6.45) is 2.89. The minimum Gasteiger partial charge on any atom is -0.444 e. The minimum atomic E-state index is -0.646. The van der Waals surface area contributed by atoms with E-state index in [9.17, 15) is 9.59 Å². The van der Waals surface area contributed by atoms with Gasteiger partial charge >= 0.3 is 13.2 Å². The predicted octanol–water partition coefficient (Wildman–Crippen LogP) is 1.97. The molecule has 2 fully saturated rings. The number of nitrogens with one attached hydrogen (secondary N) is 1. The van der Waals surface area contributed by atoms with Crippen LogP contribution >= 0.6 is 0 Å². The van der Waals surface area contributed by atoms with Gasteiger partial charge in [-0.1, -0.05) is 13.8 Å². The Morgan fingerprint density at radius 1 is 1.03 bits per heavy atom. The molecule has 3 rings (SSSR count). The Labute approximate surface area is 209 Å². The number of amides is 2. The molecule has 0 bridgehead atoms. The number of anilines is 1. The molecule has 10 nitrogen and oxygen atoms in total. The quantitative estimate of drug-likeness (QED) is 0.626. The first kappa shape index (κ1) is 27.2. The van der Waals surface area contributed by atoms with Gasteiger partial charge in [0, 0.05) is 44.0 Å². The van der Waals surface area contributed by atoms with E-state index in [1.54, 1.807) is 38.1 Å². The molecular weight excluding hydrogens is 449 g/mol. The van der Waals surface area contributed by atoms with Crippen LogP contribution in [0.5, 0.6) is 0 Å². The number of hydrogen-bond acceptors (Lipinski definition) is 8. The highest BCUT2D eigenvalue weighted by Gasteiger charge is 2.52. The van der Waals surface area contributed by atoms with Gasteiger partial charge in [0.25, 0.3) is 0 Å². The number of hydrogen-bond donors (Lipinski definition) is 1. The first-order valence-electron chi connectivity index (χ1n) is 12.3. The highest BCUT2D eigenvalue weighted by Crippen LogP contribution is 2.36. The maximum Gasteiger partial charge on any atom is 0.498 e. The number of nitrogens with zero attached hydrogens (tertiary/aromatic N) is 4. The average molecular weight is 489 g/mol. The van der Waals surface area contributed by atoms with Crippen molar-refractivity contribution in [2.45, 2.75) is 85.2 Å². The number of rotatable bonds is 5. The van der Waals surface area contributed by atoms with Crippen LogP contribution in [0.25, 0.3) is 0 Å². The summed E-state index contributed by atoms with van der Waals surface area (Å²) < 4.78 is 17.5. The van der Waals surface area contributed by atoms with E-state index in [-0.39, 0.29) is 11.8 Å². The summed E-state index contributed by atoms with van der Waals surface area (Å²) in [4.78, 5) is 38.3. The third-order valence-electron chi connectivity index (χ3n) is 6.66. The van der Waals surface area contributed by atoms with Crippen molar-refractivity contribution in [3.63, 3.8) is 0 Å². The normalized spacial score (nSPS) is 20.7. The van der Waals surface area contributed by atoms with Gasteiger partial charge in [0.1, 0.15) is 11.6 Å². The Bertz CT molecular complexity index is 892. The molecule has 0 radical (unpaired) electrons. The van der Waals surface area contributed by atoms with Crippen LogP contribution in [0.3, 0.4) is 0 Å². The topological polar surface area (TPSA) is 106 Å². The first-order valence-corrected chi connectivity index (χ1v) is 12.3. The van der Waals surface area contributed by atoms with Gasteiger partial charge in [0.2, 0.25) is 11.9 Å². The smallest absolute Gasteiger partial charge is 0.444 e. The molecule has 2 amide bonds. The van der Waals surface area contributed by atoms with E-state index in [1.807, 2.05) is 46.4 Å². The van der Waals surface area contributed by atoms with Gasteiger partial charge in [-0.3, -0.25) is 4.79 Å². The first-order chi connectivity index (χ1) is 16.1. The summed E-state index contributed by atoms with van der Waals surface area (Å²) in [7, 11) is -0.506. The summed E-state index contributed by atoms with van der Waals surface area (Å²) in [6.45, 7) is 19.5. The standard InChI is InChI=1S/C24H40BN5O5/c1-16(2)18(28-21(32)33-22(3,4)5)19(31)29-10-12-30(13-11-29)20-26-14-17(15-27-20)25-34-23(6,7)24(8,9)35-25/h14-16,18H,10-13H2,1-9H3,(H,28,32)/t18-/m1/s1. The molecule has 1 aromatic rings. The molecule has 2 saturated heterocycles. The largest absolute Gasteiger partial charge is 0.498 e. The summed E-state index contributed by atoms with van der Waals surface area (Å²) >= 11 is 0. The zero-order chi connectivity index (χ0) is 26.2. The van der Waals surface area contributed by atoms with E-state index in [0.717, 1.165) is 5.46 Å². The molecule has 11 heteroatoms. The van der Waals surface area contributed by atoms with Crippen LogP contribution in [0.4, 0.5) is 10.7 Å². The zero-order valence-electron chi connectivity index (χ0n) is 22.5. The number of piperazine rings is 1. The second kappa shape index (κ2) is 9.93. The molecule has 0 spiro atoms. The molecule has 2 aliphatic rings. The maximum absolute atomic E-state index is 13.2. The fraction of sp³-hybridized carbons (Fsp3) is 0.750. The van der Waals surface area contributed by atoms with Crippen molar-refractivity contribution >= 4 is 30.5 Å². The highest BCUT2D eigenvalue weighted by molar-refractivity contribution is 6.61. The fourth-order valence-electron chi connectivity index (χ4n) is 3.87. The van der Waals surface area contributed by atoms with Gasteiger partial charge in [-0.15, -0.1) is 0 Å². The van der Waals surface area contributed by atoms with Gasteiger partial charge in [-0.2, -0.15) is 0 Å². The zero-order valence-corrected chi connectivity index (χ0v) is 22.5. The monoisotopic (exact) mass is 489 g/mol. The third-order valence-corrected chi connectivity index (χ3v) is 6.66. The maximum atomic E-state index is 13.2. The summed E-state index contributed by atoms with van der Waals surface area (Å²) in [6, 6.07) is -0.646. The highest BCUT2D eigenvalue weighted by atomic mass is 16.7. The Balaban J connectivity index is 1.57. The van der Waals surface area contributed by atoms with E-state index < -0.39 is 36.1 Å². The van der Waals surface area contributed by atoms with E-state index in [1.165, 1.54) is 0 Å². The van der Waals surface area contributed by atoms with Gasteiger partial charge in [0.15, 0.2) is 0 Å². The molecule has 1 atom stereocenters. The van der Waals surface area contributed by atoms with E-state index in [0.29, 0.717) is 32.1 Å². The molecule has 0 saturated carbocycles. The number of carbonyl (C=O) groups excluding carboxylic acids is 2. The van der Waals surface area contributed by atoms with Gasteiger partial charge in [0.05, 0.1) is 11.2 Å². The van der Waals surface area contributed by atoms with Crippen molar-refractivity contribution in [1.29, 1.82) is 0 Å². The van der Waals surface area contributed by atoms with Gasteiger partial charge < -0.3 is 29.2 Å². The molecule has 194 valence electrons. The summed E-state index contributed by atoms with van der Waals surface area (Å²) in [5.41, 5.74) is -0.705. The Morgan fingerprint density at radius 2 is 1.54 bits per heavy atom. The van der Waals surface area contributed by atoms with Crippen molar-refractivity contribution in [2.75, 3.05) is 31.1 Å². The van der Waals surface area contributed by atoms with Crippen LogP contribution in [0.15, 0.2) is 12.4 Å². The van der Waals surface area contributed by atoms with Crippen LogP contribution in [0, 0.1) is 5.92 Å². The third kappa shape index (κ3) is 6.44. The average Bonchev–Trinajstić information content (AvgIpc) is 2.97. The summed E-state index contributed by atoms with van der Waals surface area (Å²) in [5.74, 6) is 0.422. The molecule has 1 aromatic heterocycles. The van der Waals surface area contributed by atoms with Crippen molar-refractivity contribution < 1.29 is 23.6 Å². The van der Waals surface area contributed by atoms with E-state index in [4.69, 9.17) is 14.0 Å². The number of aromatic nitrogens is 2. The van der Waals surface area contributed by atoms with E-state index in [2.05, 4.69) is 15.3 Å². The minimum absolute atomic E-state index is 0.0705. The van der Waals surface area contributed by atoms with Crippen molar-refractivity contribution in [1.82, 2.24) is 20.2 Å². The second-order valence-electron chi connectivity index (χ2n) is 11.6. The lowest BCUT2D eigenvalue weighted by molar-refractivity contribution is -0.134. The second-order valence-corrected chi connectivity index (χ2v) is 11.6. The molecule has 35 heavy (non-hydrogen) atoms. The number of alkyl carbamates (subject to hydrolysis) is 1. The molecule has 3 heterocycles. The van der Waals surface area contributed by atoms with Crippen LogP contribution < -0.4 is 15.7 Å². The van der Waals surface area contributed by atoms with Gasteiger partial charge in [-0.25, -0.2) is 14.8 Å². The molecule has 0 aromatic carbocycles. The fourth-order valence-corrected chi connectivity index (χ4v) is 3.87. The Morgan fingerprint density at radius 3 is 2.00 bits per heavy atom. The summed E-state index contributed by atoms with van der Waals surface area (Å²) in [5, 5.41) is 2.74. The van der Waals surface area contributed by atoms with Crippen LogP contribution in [0.1, 0.15) is 62.3 Å². The Kier molecular flexibility index (Phi) is 7.71. The number of carbonyl (C=O) groups is 2. The molecular formula is C24H40BN5O5. The lowest BCUT2D eigenvalue weighted by Crippen LogP contribution is -2.57. The van der Waals surface area contributed by atoms with Crippen LogP contribution in [0.2, 0.25) is 0 Å². The molecule has 0 unspecified atom stereocenters. The van der Waals surface area contributed by atoms with Gasteiger partial charge in [-0.05, 0) is 54.4 Å². The SMILES string of the molecule is CC(C)[C@@H](NC(=O)OC(C)(C)C)C(=O)N1CCN(c2ncc(B3OC(C)(C)C(C)(C)O3)cn2)CC1.